The number of aromatic nitrogens is 2. The van der Waals surface area contributed by atoms with Gasteiger partial charge in [0.1, 0.15) is 11.8 Å². The van der Waals surface area contributed by atoms with Gasteiger partial charge in [-0.25, -0.2) is 9.97 Å². The van der Waals surface area contributed by atoms with Gasteiger partial charge < -0.3 is 5.32 Å². The fourth-order valence-corrected chi connectivity index (χ4v) is 1.92. The first kappa shape index (κ1) is 11.8. The van der Waals surface area contributed by atoms with E-state index >= 15 is 0 Å². The largest absolute Gasteiger partial charge is 0.324 e. The molecule has 17 heavy (non-hydrogen) atoms. The summed E-state index contributed by atoms with van der Waals surface area (Å²) < 4.78 is 1.13. The lowest BCUT2D eigenvalue weighted by Crippen LogP contribution is -2.00. The average Bonchev–Trinajstić information content (AvgIpc) is 2.28. The van der Waals surface area contributed by atoms with Crippen molar-refractivity contribution in [2.24, 2.45) is 0 Å². The van der Waals surface area contributed by atoms with Gasteiger partial charge in [0, 0.05) is 15.0 Å². The molecule has 0 aliphatic heterocycles. The van der Waals surface area contributed by atoms with E-state index in [1.165, 1.54) is 0 Å². The van der Waals surface area contributed by atoms with Crippen molar-refractivity contribution in [3.63, 3.8) is 0 Å². The van der Waals surface area contributed by atoms with Gasteiger partial charge in [0.25, 0.3) is 0 Å². The fourth-order valence-electron chi connectivity index (χ4n) is 1.38. The number of anilines is 2. The average molecular weight is 336 g/mol. The van der Waals surface area contributed by atoms with Gasteiger partial charge in [-0.3, -0.25) is 0 Å². The number of aryl methyl sites for hydroxylation is 1. The van der Waals surface area contributed by atoms with Gasteiger partial charge in [-0.2, -0.15) is 5.26 Å². The van der Waals surface area contributed by atoms with Crippen molar-refractivity contribution in [2.45, 2.75) is 6.92 Å². The Hall–Kier alpha value is -1.68. The zero-order valence-corrected chi connectivity index (χ0v) is 11.3. The van der Waals surface area contributed by atoms with Crippen LogP contribution >= 0.6 is 22.6 Å². The van der Waals surface area contributed by atoms with Gasteiger partial charge >= 0.3 is 0 Å². The van der Waals surface area contributed by atoms with Gasteiger partial charge in [-0.15, -0.1) is 0 Å². The summed E-state index contributed by atoms with van der Waals surface area (Å²) in [6.07, 6.45) is 0. The number of benzene rings is 1. The smallest absolute Gasteiger partial charge is 0.228 e. The summed E-state index contributed by atoms with van der Waals surface area (Å²) in [5.74, 6) is 0.448. The van der Waals surface area contributed by atoms with Crippen molar-refractivity contribution in [2.75, 3.05) is 5.32 Å². The SMILES string of the molecule is Cc1cc(C#N)nc(Nc2cccc(I)c2)n1. The van der Waals surface area contributed by atoms with Crippen LogP contribution in [0.4, 0.5) is 11.6 Å². The van der Waals surface area contributed by atoms with E-state index in [1.807, 2.05) is 37.3 Å². The van der Waals surface area contributed by atoms with E-state index in [2.05, 4.69) is 37.9 Å². The first-order valence-corrected chi connectivity index (χ1v) is 6.03. The molecule has 0 bridgehead atoms. The Bertz CT molecular complexity index is 589. The van der Waals surface area contributed by atoms with Crippen molar-refractivity contribution in [1.29, 1.82) is 5.26 Å². The molecule has 1 aromatic carbocycles. The normalized spacial score (nSPS) is 9.71. The van der Waals surface area contributed by atoms with Crippen LogP contribution in [0.5, 0.6) is 0 Å². The number of hydrogen-bond acceptors (Lipinski definition) is 4. The first-order valence-electron chi connectivity index (χ1n) is 4.96. The number of rotatable bonds is 2. The van der Waals surface area contributed by atoms with E-state index in [9.17, 15) is 0 Å². The lowest BCUT2D eigenvalue weighted by atomic mass is 10.3. The minimum absolute atomic E-state index is 0.366. The molecule has 1 aromatic heterocycles. The molecule has 0 fully saturated rings. The highest BCUT2D eigenvalue weighted by atomic mass is 127. The van der Waals surface area contributed by atoms with Crippen LogP contribution in [0.1, 0.15) is 11.4 Å². The molecule has 2 aromatic rings. The highest BCUT2D eigenvalue weighted by Gasteiger charge is 2.02. The monoisotopic (exact) mass is 336 g/mol. The number of halogens is 1. The Morgan fingerprint density at radius 3 is 2.82 bits per heavy atom. The maximum absolute atomic E-state index is 8.83. The van der Waals surface area contributed by atoms with Gasteiger partial charge in [-0.05, 0) is 53.8 Å². The predicted octanol–water partition coefficient (Wildman–Crippen LogP) is 3.00. The Morgan fingerprint density at radius 2 is 2.12 bits per heavy atom. The Morgan fingerprint density at radius 1 is 1.29 bits per heavy atom. The molecule has 5 heteroatoms. The third-order valence-corrected chi connectivity index (χ3v) is 2.72. The van der Waals surface area contributed by atoms with Gasteiger partial charge in [0.05, 0.1) is 0 Å². The molecule has 0 atom stereocenters. The van der Waals surface area contributed by atoms with Crippen molar-refractivity contribution in [1.82, 2.24) is 9.97 Å². The number of nitrogens with zero attached hydrogens (tertiary/aromatic N) is 3. The first-order chi connectivity index (χ1) is 8.17. The van der Waals surface area contributed by atoms with E-state index in [0.29, 0.717) is 11.6 Å². The summed E-state index contributed by atoms with van der Waals surface area (Å²) in [6.45, 7) is 1.84. The molecule has 0 aliphatic rings. The summed E-state index contributed by atoms with van der Waals surface area (Å²) in [6, 6.07) is 11.5. The van der Waals surface area contributed by atoms with Crippen LogP contribution in [0.3, 0.4) is 0 Å². The standard InChI is InChI=1S/C12H9IN4/c1-8-5-11(7-14)17-12(15-8)16-10-4-2-3-9(13)6-10/h2-6H,1H3,(H,15,16,17). The van der Waals surface area contributed by atoms with E-state index < -0.39 is 0 Å². The third kappa shape index (κ3) is 3.14. The molecular weight excluding hydrogens is 327 g/mol. The van der Waals surface area contributed by atoms with E-state index in [1.54, 1.807) is 6.07 Å². The van der Waals surface area contributed by atoms with Crippen LogP contribution in [0, 0.1) is 21.8 Å². The predicted molar refractivity (Wildman–Crippen MR) is 73.9 cm³/mol. The van der Waals surface area contributed by atoms with Gasteiger partial charge in [-0.1, -0.05) is 6.07 Å². The summed E-state index contributed by atoms with van der Waals surface area (Å²) in [5, 5.41) is 11.9. The van der Waals surface area contributed by atoms with E-state index in [-0.39, 0.29) is 0 Å². The molecule has 4 nitrogen and oxygen atoms in total. The van der Waals surface area contributed by atoms with Crippen LogP contribution in [-0.2, 0) is 0 Å². The van der Waals surface area contributed by atoms with Gasteiger partial charge in [0.2, 0.25) is 5.95 Å². The van der Waals surface area contributed by atoms with Crippen molar-refractivity contribution in [3.05, 3.63) is 45.3 Å². The minimum atomic E-state index is 0.366. The summed E-state index contributed by atoms with van der Waals surface area (Å²) in [4.78, 5) is 8.32. The molecule has 0 amide bonds. The van der Waals surface area contributed by atoms with Crippen molar-refractivity contribution >= 4 is 34.2 Å². The minimum Gasteiger partial charge on any atom is -0.324 e. The second-order valence-corrected chi connectivity index (χ2v) is 4.71. The molecule has 1 heterocycles. The lowest BCUT2D eigenvalue weighted by Gasteiger charge is -2.05. The zero-order chi connectivity index (χ0) is 12.3. The maximum atomic E-state index is 8.83. The molecule has 0 radical (unpaired) electrons. The molecule has 1 N–H and O–H groups in total. The zero-order valence-electron chi connectivity index (χ0n) is 9.11. The second-order valence-electron chi connectivity index (χ2n) is 3.47. The lowest BCUT2D eigenvalue weighted by molar-refractivity contribution is 1.09. The van der Waals surface area contributed by atoms with Gasteiger partial charge in [0.15, 0.2) is 0 Å². The molecule has 84 valence electrons. The molecule has 0 spiro atoms. The second kappa shape index (κ2) is 5.10. The number of nitrogens with one attached hydrogen (secondary N) is 1. The molecule has 2 rings (SSSR count). The fraction of sp³-hybridized carbons (Fsp3) is 0.0833. The molecule has 0 aliphatic carbocycles. The van der Waals surface area contributed by atoms with E-state index in [0.717, 1.165) is 15.0 Å². The van der Waals surface area contributed by atoms with Crippen LogP contribution in [0.15, 0.2) is 30.3 Å². The molecular formula is C12H9IN4. The topological polar surface area (TPSA) is 61.6 Å². The Kier molecular flexibility index (Phi) is 3.54. The highest BCUT2D eigenvalue weighted by Crippen LogP contribution is 2.16. The van der Waals surface area contributed by atoms with Crippen molar-refractivity contribution < 1.29 is 0 Å². The Labute approximate surface area is 113 Å². The highest BCUT2D eigenvalue weighted by molar-refractivity contribution is 14.1. The molecule has 0 saturated carbocycles. The number of hydrogen-bond donors (Lipinski definition) is 1. The van der Waals surface area contributed by atoms with Crippen LogP contribution in [0.2, 0.25) is 0 Å². The summed E-state index contributed by atoms with van der Waals surface area (Å²) in [5.41, 5.74) is 2.04. The Balaban J connectivity index is 2.30. The quantitative estimate of drug-likeness (QED) is 0.857. The maximum Gasteiger partial charge on any atom is 0.228 e. The van der Waals surface area contributed by atoms with Crippen LogP contribution in [-0.4, -0.2) is 9.97 Å². The van der Waals surface area contributed by atoms with Crippen LogP contribution < -0.4 is 5.32 Å². The molecule has 0 unspecified atom stereocenters. The number of nitriles is 1. The van der Waals surface area contributed by atoms with Crippen LogP contribution in [0.25, 0.3) is 0 Å². The molecule has 0 saturated heterocycles. The summed E-state index contributed by atoms with van der Waals surface area (Å²) >= 11 is 2.24. The van der Waals surface area contributed by atoms with Crippen molar-refractivity contribution in [3.8, 4) is 6.07 Å². The third-order valence-electron chi connectivity index (χ3n) is 2.05. The van der Waals surface area contributed by atoms with E-state index in [4.69, 9.17) is 5.26 Å². The summed E-state index contributed by atoms with van der Waals surface area (Å²) in [7, 11) is 0.